The van der Waals surface area contributed by atoms with Gasteiger partial charge in [0.1, 0.15) is 0 Å². The lowest BCUT2D eigenvalue weighted by Gasteiger charge is -2.51. The van der Waals surface area contributed by atoms with Gasteiger partial charge >= 0.3 is 0 Å². The molecule has 0 bridgehead atoms. The zero-order valence-electron chi connectivity index (χ0n) is 14.3. The monoisotopic (exact) mass is 285 g/mol. The fourth-order valence-corrected chi connectivity index (χ4v) is 3.83. The van der Waals surface area contributed by atoms with Gasteiger partial charge in [-0.2, -0.15) is 0 Å². The average Bonchev–Trinajstić information content (AvgIpc) is 2.48. The van der Waals surface area contributed by atoms with Crippen LogP contribution in [0.5, 0.6) is 0 Å². The minimum Gasteiger partial charge on any atom is -0.390 e. The van der Waals surface area contributed by atoms with Gasteiger partial charge in [-0.1, -0.05) is 34.6 Å². The SMILES string of the molecule is CCC(CC)O[C@H]1[C@H](C)[C@@H](NC)CC(CC)(CC)[C@@H]1O. The van der Waals surface area contributed by atoms with Crippen LogP contribution in [0.1, 0.15) is 66.7 Å². The normalized spacial score (nSPS) is 33.6. The molecule has 4 atom stereocenters. The Morgan fingerprint density at radius 1 is 1.20 bits per heavy atom. The van der Waals surface area contributed by atoms with Crippen LogP contribution in [0, 0.1) is 11.3 Å². The van der Waals surface area contributed by atoms with Gasteiger partial charge < -0.3 is 15.2 Å². The molecule has 3 heteroatoms. The van der Waals surface area contributed by atoms with E-state index in [9.17, 15) is 5.11 Å². The van der Waals surface area contributed by atoms with Crippen molar-refractivity contribution in [2.75, 3.05) is 7.05 Å². The molecular weight excluding hydrogens is 250 g/mol. The number of ether oxygens (including phenoxy) is 1. The summed E-state index contributed by atoms with van der Waals surface area (Å²) >= 11 is 0. The highest BCUT2D eigenvalue weighted by Gasteiger charge is 2.50. The summed E-state index contributed by atoms with van der Waals surface area (Å²) in [7, 11) is 2.03. The molecule has 0 aliphatic heterocycles. The Hall–Kier alpha value is -0.120. The molecule has 1 fully saturated rings. The number of rotatable bonds is 7. The molecule has 0 aromatic heterocycles. The van der Waals surface area contributed by atoms with Crippen LogP contribution in [-0.4, -0.2) is 36.5 Å². The van der Waals surface area contributed by atoms with Crippen LogP contribution in [-0.2, 0) is 4.74 Å². The van der Waals surface area contributed by atoms with Crippen molar-refractivity contribution in [1.29, 1.82) is 0 Å². The van der Waals surface area contributed by atoms with Gasteiger partial charge in [0, 0.05) is 12.0 Å². The van der Waals surface area contributed by atoms with Crippen molar-refractivity contribution < 1.29 is 9.84 Å². The zero-order valence-corrected chi connectivity index (χ0v) is 14.3. The van der Waals surface area contributed by atoms with Crippen LogP contribution in [0.4, 0.5) is 0 Å². The van der Waals surface area contributed by atoms with Crippen molar-refractivity contribution in [2.45, 2.75) is 91.1 Å². The molecule has 1 aliphatic carbocycles. The van der Waals surface area contributed by atoms with Gasteiger partial charge in [0.15, 0.2) is 0 Å². The molecule has 0 unspecified atom stereocenters. The lowest BCUT2D eigenvalue weighted by atomic mass is 9.62. The molecule has 0 amide bonds. The summed E-state index contributed by atoms with van der Waals surface area (Å²) in [6.45, 7) is 10.9. The van der Waals surface area contributed by atoms with Crippen molar-refractivity contribution in [3.63, 3.8) is 0 Å². The number of hydrogen-bond donors (Lipinski definition) is 2. The van der Waals surface area contributed by atoms with Crippen LogP contribution in [0.25, 0.3) is 0 Å². The second-order valence-corrected chi connectivity index (χ2v) is 6.51. The van der Waals surface area contributed by atoms with Gasteiger partial charge in [0.2, 0.25) is 0 Å². The van der Waals surface area contributed by atoms with E-state index in [1.54, 1.807) is 0 Å². The molecule has 0 aromatic carbocycles. The molecular formula is C17H35NO2. The number of aliphatic hydroxyl groups is 1. The van der Waals surface area contributed by atoms with Crippen LogP contribution in [0.2, 0.25) is 0 Å². The number of aliphatic hydroxyl groups excluding tert-OH is 1. The summed E-state index contributed by atoms with van der Waals surface area (Å²) in [5.41, 5.74) is -0.00309. The summed E-state index contributed by atoms with van der Waals surface area (Å²) in [6, 6.07) is 0.428. The molecule has 1 saturated carbocycles. The Morgan fingerprint density at radius 2 is 1.75 bits per heavy atom. The molecule has 0 radical (unpaired) electrons. The van der Waals surface area contributed by atoms with Gasteiger partial charge in [0.05, 0.1) is 18.3 Å². The van der Waals surface area contributed by atoms with Crippen LogP contribution in [0.15, 0.2) is 0 Å². The fourth-order valence-electron chi connectivity index (χ4n) is 3.83. The largest absolute Gasteiger partial charge is 0.390 e. The predicted molar refractivity (Wildman–Crippen MR) is 84.9 cm³/mol. The van der Waals surface area contributed by atoms with E-state index in [0.29, 0.717) is 12.0 Å². The summed E-state index contributed by atoms with van der Waals surface area (Å²) in [4.78, 5) is 0. The van der Waals surface area contributed by atoms with Crippen molar-refractivity contribution in [3.05, 3.63) is 0 Å². The molecule has 1 aliphatic rings. The first kappa shape index (κ1) is 17.9. The molecule has 20 heavy (non-hydrogen) atoms. The molecule has 120 valence electrons. The van der Waals surface area contributed by atoms with E-state index in [-0.39, 0.29) is 23.7 Å². The lowest BCUT2D eigenvalue weighted by Crippen LogP contribution is -2.59. The van der Waals surface area contributed by atoms with Crippen molar-refractivity contribution in [2.24, 2.45) is 11.3 Å². The Balaban J connectivity index is 2.98. The van der Waals surface area contributed by atoms with Gasteiger partial charge in [-0.05, 0) is 44.6 Å². The first-order valence-electron chi connectivity index (χ1n) is 8.50. The standard InChI is InChI=1S/C17H35NO2/c1-7-13(8-2)20-15-12(5)14(18-6)11-17(9-3,10-4)16(15)19/h12-16,18-19H,7-11H2,1-6H3/t12-,14+,15+,16-/m1/s1. The minimum absolute atomic E-state index is 0.00309. The zero-order chi connectivity index (χ0) is 15.3. The van der Waals surface area contributed by atoms with Crippen molar-refractivity contribution >= 4 is 0 Å². The van der Waals surface area contributed by atoms with Crippen LogP contribution in [0.3, 0.4) is 0 Å². The van der Waals surface area contributed by atoms with Crippen molar-refractivity contribution in [1.82, 2.24) is 5.32 Å². The molecule has 0 aromatic rings. The van der Waals surface area contributed by atoms with E-state index in [4.69, 9.17) is 4.74 Å². The van der Waals surface area contributed by atoms with Crippen LogP contribution < -0.4 is 5.32 Å². The summed E-state index contributed by atoms with van der Waals surface area (Å²) in [5.74, 6) is 0.349. The van der Waals surface area contributed by atoms with E-state index in [0.717, 1.165) is 32.1 Å². The maximum absolute atomic E-state index is 11.0. The number of nitrogens with one attached hydrogen (secondary N) is 1. The first-order chi connectivity index (χ1) is 9.49. The molecule has 1 rings (SSSR count). The highest BCUT2D eigenvalue weighted by Crippen LogP contribution is 2.45. The van der Waals surface area contributed by atoms with Gasteiger partial charge in [-0.3, -0.25) is 0 Å². The van der Waals surface area contributed by atoms with Crippen LogP contribution >= 0.6 is 0 Å². The quantitative estimate of drug-likeness (QED) is 0.753. The maximum Gasteiger partial charge on any atom is 0.0883 e. The van der Waals surface area contributed by atoms with E-state index >= 15 is 0 Å². The average molecular weight is 285 g/mol. The first-order valence-corrected chi connectivity index (χ1v) is 8.50. The van der Waals surface area contributed by atoms with Gasteiger partial charge in [-0.25, -0.2) is 0 Å². The van der Waals surface area contributed by atoms with Gasteiger partial charge in [0.25, 0.3) is 0 Å². The fraction of sp³-hybridized carbons (Fsp3) is 1.00. The van der Waals surface area contributed by atoms with E-state index < -0.39 is 0 Å². The van der Waals surface area contributed by atoms with E-state index in [1.165, 1.54) is 0 Å². The van der Waals surface area contributed by atoms with E-state index in [2.05, 4.69) is 39.9 Å². The predicted octanol–water partition coefficient (Wildman–Crippen LogP) is 3.36. The Labute approximate surface area is 125 Å². The summed E-state index contributed by atoms with van der Waals surface area (Å²) < 4.78 is 6.32. The Kier molecular flexibility index (Phi) is 6.96. The third-order valence-electron chi connectivity index (χ3n) is 5.76. The third-order valence-corrected chi connectivity index (χ3v) is 5.76. The molecule has 2 N–H and O–H groups in total. The second-order valence-electron chi connectivity index (χ2n) is 6.51. The lowest BCUT2D eigenvalue weighted by molar-refractivity contribution is -0.177. The smallest absolute Gasteiger partial charge is 0.0883 e. The molecule has 0 heterocycles. The number of hydrogen-bond acceptors (Lipinski definition) is 3. The molecule has 0 saturated heterocycles. The Bertz CT molecular complexity index is 274. The topological polar surface area (TPSA) is 41.5 Å². The second kappa shape index (κ2) is 7.77. The molecule has 3 nitrogen and oxygen atoms in total. The minimum atomic E-state index is -0.349. The highest BCUT2D eigenvalue weighted by molar-refractivity contribution is 5.02. The third kappa shape index (κ3) is 3.37. The summed E-state index contributed by atoms with van der Waals surface area (Å²) in [6.07, 6.45) is 4.96. The van der Waals surface area contributed by atoms with Gasteiger partial charge in [-0.15, -0.1) is 0 Å². The van der Waals surface area contributed by atoms with E-state index in [1.807, 2.05) is 7.05 Å². The maximum atomic E-state index is 11.0. The highest BCUT2D eigenvalue weighted by atomic mass is 16.5. The molecule has 0 spiro atoms. The van der Waals surface area contributed by atoms with Crippen molar-refractivity contribution in [3.8, 4) is 0 Å². The Morgan fingerprint density at radius 3 is 2.15 bits per heavy atom. The summed E-state index contributed by atoms with van der Waals surface area (Å²) in [5, 5.41) is 14.4.